The molecule has 0 fully saturated rings. The standard InChI is InChI=1S/C18H30N4/c1-5-6-7-8-9-14-22(4)18(19-3)21-13-11-17-10-12-20-15-16(17)2/h5,10,12,15H,1,6-9,11,13-14H2,2-4H3,(H,19,21). The van der Waals surface area contributed by atoms with E-state index in [1.54, 1.807) is 0 Å². The van der Waals surface area contributed by atoms with Crippen molar-refractivity contribution >= 4 is 5.96 Å². The number of nitrogens with zero attached hydrogens (tertiary/aromatic N) is 3. The molecular weight excluding hydrogens is 272 g/mol. The first kappa shape index (κ1) is 18.2. The third-order valence-corrected chi connectivity index (χ3v) is 3.79. The summed E-state index contributed by atoms with van der Waals surface area (Å²) in [6.45, 7) is 7.78. The van der Waals surface area contributed by atoms with Crippen LogP contribution in [0.15, 0.2) is 36.1 Å². The monoisotopic (exact) mass is 302 g/mol. The summed E-state index contributed by atoms with van der Waals surface area (Å²) in [5.41, 5.74) is 2.58. The number of allylic oxidation sites excluding steroid dienone is 1. The summed E-state index contributed by atoms with van der Waals surface area (Å²) >= 11 is 0. The molecule has 0 aromatic carbocycles. The van der Waals surface area contributed by atoms with E-state index in [-0.39, 0.29) is 0 Å². The minimum absolute atomic E-state index is 0.887. The Morgan fingerprint density at radius 3 is 2.91 bits per heavy atom. The molecule has 0 saturated carbocycles. The highest BCUT2D eigenvalue weighted by Crippen LogP contribution is 2.05. The summed E-state index contributed by atoms with van der Waals surface area (Å²) in [7, 11) is 3.94. The largest absolute Gasteiger partial charge is 0.356 e. The van der Waals surface area contributed by atoms with Gasteiger partial charge in [0.1, 0.15) is 0 Å². The molecule has 1 aromatic rings. The van der Waals surface area contributed by atoms with Crippen LogP contribution in [0.1, 0.15) is 36.8 Å². The summed E-state index contributed by atoms with van der Waals surface area (Å²) in [5.74, 6) is 0.968. The number of aryl methyl sites for hydroxylation is 1. The Bertz CT molecular complexity index is 468. The van der Waals surface area contributed by atoms with E-state index in [4.69, 9.17) is 0 Å². The first-order chi connectivity index (χ1) is 10.7. The zero-order valence-corrected chi connectivity index (χ0v) is 14.3. The third kappa shape index (κ3) is 6.74. The number of hydrogen-bond acceptors (Lipinski definition) is 2. The van der Waals surface area contributed by atoms with Crippen LogP contribution in [0, 0.1) is 6.92 Å². The summed E-state index contributed by atoms with van der Waals surface area (Å²) in [4.78, 5) is 10.7. The lowest BCUT2D eigenvalue weighted by molar-refractivity contribution is 0.455. The molecule has 122 valence electrons. The van der Waals surface area contributed by atoms with Crippen molar-refractivity contribution in [2.24, 2.45) is 4.99 Å². The normalized spacial score (nSPS) is 11.3. The van der Waals surface area contributed by atoms with Gasteiger partial charge in [0, 0.05) is 39.6 Å². The Morgan fingerprint density at radius 1 is 1.41 bits per heavy atom. The molecule has 1 aromatic heterocycles. The molecule has 0 aliphatic heterocycles. The average Bonchev–Trinajstić information content (AvgIpc) is 2.53. The Morgan fingerprint density at radius 2 is 2.23 bits per heavy atom. The number of aliphatic imine (C=N–C) groups is 1. The van der Waals surface area contributed by atoms with Crippen LogP contribution < -0.4 is 5.32 Å². The fraction of sp³-hybridized carbons (Fsp3) is 0.556. The van der Waals surface area contributed by atoms with Crippen molar-refractivity contribution in [3.05, 3.63) is 42.2 Å². The maximum atomic E-state index is 4.36. The molecule has 1 rings (SSSR count). The quantitative estimate of drug-likeness (QED) is 0.330. The van der Waals surface area contributed by atoms with Crippen LogP contribution in [0.5, 0.6) is 0 Å². The van der Waals surface area contributed by atoms with Gasteiger partial charge in [0.25, 0.3) is 0 Å². The molecule has 1 heterocycles. The van der Waals surface area contributed by atoms with Crippen LogP contribution in [-0.2, 0) is 6.42 Å². The van der Waals surface area contributed by atoms with Gasteiger partial charge in [-0.1, -0.05) is 12.5 Å². The van der Waals surface area contributed by atoms with Gasteiger partial charge in [0.2, 0.25) is 0 Å². The third-order valence-electron chi connectivity index (χ3n) is 3.79. The fourth-order valence-electron chi connectivity index (χ4n) is 2.40. The van der Waals surface area contributed by atoms with E-state index in [0.717, 1.165) is 31.9 Å². The van der Waals surface area contributed by atoms with Gasteiger partial charge in [-0.25, -0.2) is 0 Å². The predicted octanol–water partition coefficient (Wildman–Crippen LogP) is 3.19. The lowest BCUT2D eigenvalue weighted by Gasteiger charge is -2.22. The molecule has 0 spiro atoms. The van der Waals surface area contributed by atoms with Crippen molar-refractivity contribution in [2.75, 3.05) is 27.2 Å². The number of nitrogens with one attached hydrogen (secondary N) is 1. The van der Waals surface area contributed by atoms with Gasteiger partial charge < -0.3 is 10.2 Å². The molecule has 1 N–H and O–H groups in total. The van der Waals surface area contributed by atoms with Gasteiger partial charge >= 0.3 is 0 Å². The Hall–Kier alpha value is -1.84. The first-order valence-corrected chi connectivity index (χ1v) is 8.11. The number of pyridine rings is 1. The second-order valence-corrected chi connectivity index (χ2v) is 5.59. The van der Waals surface area contributed by atoms with Gasteiger partial charge in [-0.2, -0.15) is 0 Å². The second-order valence-electron chi connectivity index (χ2n) is 5.59. The molecule has 4 nitrogen and oxygen atoms in total. The Balaban J connectivity index is 2.29. The highest BCUT2D eigenvalue weighted by atomic mass is 15.3. The Kier molecular flexibility index (Phi) is 8.96. The molecule has 22 heavy (non-hydrogen) atoms. The molecule has 0 atom stereocenters. The van der Waals surface area contributed by atoms with Crippen molar-refractivity contribution in [1.82, 2.24) is 15.2 Å². The van der Waals surface area contributed by atoms with E-state index in [1.807, 2.05) is 25.5 Å². The molecule has 4 heteroatoms. The highest BCUT2D eigenvalue weighted by Gasteiger charge is 2.05. The van der Waals surface area contributed by atoms with Gasteiger partial charge in [-0.3, -0.25) is 9.98 Å². The van der Waals surface area contributed by atoms with E-state index in [0.29, 0.717) is 0 Å². The molecule has 0 bridgehead atoms. The smallest absolute Gasteiger partial charge is 0.193 e. The summed E-state index contributed by atoms with van der Waals surface area (Å²) in [5, 5.41) is 3.44. The van der Waals surface area contributed by atoms with Gasteiger partial charge in [-0.15, -0.1) is 6.58 Å². The van der Waals surface area contributed by atoms with Crippen molar-refractivity contribution in [3.8, 4) is 0 Å². The minimum Gasteiger partial charge on any atom is -0.356 e. The van der Waals surface area contributed by atoms with Gasteiger partial charge in [-0.05, 0) is 49.8 Å². The molecular formula is C18H30N4. The van der Waals surface area contributed by atoms with E-state index in [1.165, 1.54) is 30.4 Å². The van der Waals surface area contributed by atoms with Crippen LogP contribution in [0.2, 0.25) is 0 Å². The molecule has 0 aliphatic carbocycles. The van der Waals surface area contributed by atoms with Crippen LogP contribution in [0.3, 0.4) is 0 Å². The molecule has 0 amide bonds. The molecule has 0 aliphatic rings. The SMILES string of the molecule is C=CCCCCCN(C)C(=NC)NCCc1ccncc1C. The van der Waals surface area contributed by atoms with E-state index >= 15 is 0 Å². The number of aromatic nitrogens is 1. The maximum absolute atomic E-state index is 4.36. The summed E-state index contributed by atoms with van der Waals surface area (Å²) in [6.07, 6.45) is 11.5. The van der Waals surface area contributed by atoms with Crippen LogP contribution in [0.25, 0.3) is 0 Å². The lowest BCUT2D eigenvalue weighted by atomic mass is 10.1. The van der Waals surface area contributed by atoms with Crippen LogP contribution in [-0.4, -0.2) is 43.0 Å². The zero-order valence-electron chi connectivity index (χ0n) is 14.3. The first-order valence-electron chi connectivity index (χ1n) is 8.11. The molecule has 0 unspecified atom stereocenters. The number of hydrogen-bond donors (Lipinski definition) is 1. The second kappa shape index (κ2) is 10.8. The Labute approximate surface area is 135 Å². The topological polar surface area (TPSA) is 40.5 Å². The highest BCUT2D eigenvalue weighted by molar-refractivity contribution is 5.79. The number of rotatable bonds is 9. The molecule has 0 radical (unpaired) electrons. The minimum atomic E-state index is 0.887. The van der Waals surface area contributed by atoms with E-state index in [2.05, 4.69) is 46.8 Å². The van der Waals surface area contributed by atoms with Crippen molar-refractivity contribution < 1.29 is 0 Å². The fourth-order valence-corrected chi connectivity index (χ4v) is 2.40. The maximum Gasteiger partial charge on any atom is 0.193 e. The summed E-state index contributed by atoms with van der Waals surface area (Å²) < 4.78 is 0. The van der Waals surface area contributed by atoms with Crippen molar-refractivity contribution in [3.63, 3.8) is 0 Å². The molecule has 0 saturated heterocycles. The predicted molar refractivity (Wildman–Crippen MR) is 95.3 cm³/mol. The van der Waals surface area contributed by atoms with Crippen molar-refractivity contribution in [1.29, 1.82) is 0 Å². The zero-order chi connectivity index (χ0) is 16.2. The number of unbranched alkanes of at least 4 members (excludes halogenated alkanes) is 3. The van der Waals surface area contributed by atoms with Crippen LogP contribution >= 0.6 is 0 Å². The average molecular weight is 302 g/mol. The number of guanidine groups is 1. The van der Waals surface area contributed by atoms with Gasteiger partial charge in [0.15, 0.2) is 5.96 Å². The lowest BCUT2D eigenvalue weighted by Crippen LogP contribution is -2.40. The van der Waals surface area contributed by atoms with E-state index in [9.17, 15) is 0 Å². The summed E-state index contributed by atoms with van der Waals surface area (Å²) in [6, 6.07) is 2.09. The van der Waals surface area contributed by atoms with Gasteiger partial charge in [0.05, 0.1) is 0 Å². The van der Waals surface area contributed by atoms with Crippen LogP contribution in [0.4, 0.5) is 0 Å². The van der Waals surface area contributed by atoms with Crippen molar-refractivity contribution in [2.45, 2.75) is 39.0 Å². The van der Waals surface area contributed by atoms with E-state index < -0.39 is 0 Å².